The molecule has 28 heavy (non-hydrogen) atoms. The molecule has 0 radical (unpaired) electrons. The lowest BCUT2D eigenvalue weighted by Crippen LogP contribution is -2.11. The quantitative estimate of drug-likeness (QED) is 0.519. The second-order valence-corrected chi connectivity index (χ2v) is 6.23. The number of amides is 1. The Balaban J connectivity index is 1.66. The van der Waals surface area contributed by atoms with E-state index in [4.69, 9.17) is 16.2 Å². The van der Waals surface area contributed by atoms with E-state index in [1.807, 2.05) is 66.7 Å². The zero-order chi connectivity index (χ0) is 19.5. The number of rotatable bonds is 5. The Morgan fingerprint density at radius 3 is 2.14 bits per heavy atom. The van der Waals surface area contributed by atoms with Crippen LogP contribution in [0, 0.1) is 0 Å². The van der Waals surface area contributed by atoms with Crippen molar-refractivity contribution in [2.75, 3.05) is 5.73 Å². The Morgan fingerprint density at radius 1 is 0.857 bits per heavy atom. The molecule has 0 aliphatic rings. The van der Waals surface area contributed by atoms with Crippen LogP contribution in [-0.2, 0) is 0 Å². The minimum atomic E-state index is -0.540. The van der Waals surface area contributed by atoms with E-state index in [9.17, 15) is 4.79 Å². The summed E-state index contributed by atoms with van der Waals surface area (Å²) < 4.78 is 7.42. The van der Waals surface area contributed by atoms with Gasteiger partial charge in [0.25, 0.3) is 5.91 Å². The number of aromatic nitrogens is 2. The van der Waals surface area contributed by atoms with E-state index in [1.54, 1.807) is 23.0 Å². The van der Waals surface area contributed by atoms with E-state index in [0.717, 1.165) is 17.0 Å². The first-order valence-corrected chi connectivity index (χ1v) is 8.69. The van der Waals surface area contributed by atoms with Gasteiger partial charge < -0.3 is 16.2 Å². The minimum absolute atomic E-state index is 0.341. The molecule has 4 aromatic rings. The van der Waals surface area contributed by atoms with Crippen LogP contribution in [0.2, 0.25) is 0 Å². The third-order valence-corrected chi connectivity index (χ3v) is 4.24. The molecule has 0 aliphatic heterocycles. The summed E-state index contributed by atoms with van der Waals surface area (Å²) >= 11 is 0. The minimum Gasteiger partial charge on any atom is -0.457 e. The Hall–Kier alpha value is -4.06. The van der Waals surface area contributed by atoms with E-state index >= 15 is 0 Å². The van der Waals surface area contributed by atoms with Gasteiger partial charge in [-0.1, -0.05) is 18.2 Å². The molecule has 0 unspecified atom stereocenters. The van der Waals surface area contributed by atoms with E-state index in [-0.39, 0.29) is 0 Å². The normalized spacial score (nSPS) is 10.6. The fourth-order valence-corrected chi connectivity index (χ4v) is 2.83. The molecular formula is C22H18N4O2. The summed E-state index contributed by atoms with van der Waals surface area (Å²) in [5, 5.41) is 4.55. The highest BCUT2D eigenvalue weighted by Gasteiger charge is 2.16. The van der Waals surface area contributed by atoms with Crippen molar-refractivity contribution < 1.29 is 9.53 Å². The average Bonchev–Trinajstić information content (AvgIpc) is 3.16. The lowest BCUT2D eigenvalue weighted by molar-refractivity contribution is 0.100. The second-order valence-electron chi connectivity index (χ2n) is 6.23. The number of carbonyl (C=O) groups is 1. The molecular weight excluding hydrogens is 352 g/mol. The van der Waals surface area contributed by atoms with Crippen LogP contribution in [-0.4, -0.2) is 15.7 Å². The van der Waals surface area contributed by atoms with Crippen LogP contribution in [0.15, 0.2) is 85.1 Å². The summed E-state index contributed by atoms with van der Waals surface area (Å²) in [6.45, 7) is 0. The maximum absolute atomic E-state index is 11.9. The Bertz CT molecular complexity index is 1100. The molecule has 0 aliphatic carbocycles. The van der Waals surface area contributed by atoms with Crippen LogP contribution in [0.3, 0.4) is 0 Å². The molecule has 4 rings (SSSR count). The van der Waals surface area contributed by atoms with Crippen LogP contribution < -0.4 is 16.2 Å². The second kappa shape index (κ2) is 7.28. The summed E-state index contributed by atoms with van der Waals surface area (Å²) in [4.78, 5) is 11.9. The molecule has 0 atom stereocenters. The summed E-state index contributed by atoms with van der Waals surface area (Å²) in [6, 6.07) is 24.1. The van der Waals surface area contributed by atoms with Gasteiger partial charge in [-0.05, 0) is 60.7 Å². The number of hydrogen-bond donors (Lipinski definition) is 2. The lowest BCUT2D eigenvalue weighted by atomic mass is 10.1. The van der Waals surface area contributed by atoms with Gasteiger partial charge in [0.15, 0.2) is 0 Å². The van der Waals surface area contributed by atoms with Crippen LogP contribution in [0.1, 0.15) is 10.4 Å². The molecule has 0 saturated heterocycles. The summed E-state index contributed by atoms with van der Waals surface area (Å²) in [6.07, 6.45) is 1.62. The number of benzene rings is 3. The molecule has 1 heterocycles. The SMILES string of the molecule is NC(=O)c1cn(-c2ccc(N)cc2)nc1-c1ccc(Oc2ccccc2)cc1. The van der Waals surface area contributed by atoms with Gasteiger partial charge in [0.05, 0.1) is 11.3 Å². The molecule has 1 amide bonds. The van der Waals surface area contributed by atoms with Crippen molar-refractivity contribution in [2.45, 2.75) is 0 Å². The van der Waals surface area contributed by atoms with Crippen molar-refractivity contribution in [2.24, 2.45) is 5.73 Å². The van der Waals surface area contributed by atoms with E-state index in [1.165, 1.54) is 0 Å². The molecule has 0 spiro atoms. The number of primary amides is 1. The van der Waals surface area contributed by atoms with Crippen molar-refractivity contribution in [3.8, 4) is 28.4 Å². The van der Waals surface area contributed by atoms with Crippen molar-refractivity contribution >= 4 is 11.6 Å². The van der Waals surface area contributed by atoms with E-state index in [2.05, 4.69) is 5.10 Å². The number of ether oxygens (including phenoxy) is 1. The largest absolute Gasteiger partial charge is 0.457 e. The maximum atomic E-state index is 11.9. The molecule has 0 bridgehead atoms. The molecule has 3 aromatic carbocycles. The number of nitrogens with two attached hydrogens (primary N) is 2. The molecule has 0 fully saturated rings. The van der Waals surface area contributed by atoms with Gasteiger partial charge in [-0.15, -0.1) is 0 Å². The van der Waals surface area contributed by atoms with Gasteiger partial charge >= 0.3 is 0 Å². The fourth-order valence-electron chi connectivity index (χ4n) is 2.83. The number of nitrogen functional groups attached to an aromatic ring is 1. The van der Waals surface area contributed by atoms with Crippen LogP contribution in [0.4, 0.5) is 5.69 Å². The average molecular weight is 370 g/mol. The fraction of sp³-hybridized carbons (Fsp3) is 0. The third kappa shape index (κ3) is 3.57. The highest BCUT2D eigenvalue weighted by atomic mass is 16.5. The summed E-state index contributed by atoms with van der Waals surface area (Å²) in [5.41, 5.74) is 14.4. The first-order chi connectivity index (χ1) is 13.6. The monoisotopic (exact) mass is 370 g/mol. The van der Waals surface area contributed by atoms with Gasteiger partial charge in [-0.25, -0.2) is 4.68 Å². The van der Waals surface area contributed by atoms with Gasteiger partial charge in [0, 0.05) is 17.4 Å². The van der Waals surface area contributed by atoms with E-state index in [0.29, 0.717) is 22.7 Å². The molecule has 0 saturated carbocycles. The zero-order valence-corrected chi connectivity index (χ0v) is 14.9. The number of hydrogen-bond acceptors (Lipinski definition) is 4. The zero-order valence-electron chi connectivity index (χ0n) is 14.9. The third-order valence-electron chi connectivity index (χ3n) is 4.24. The summed E-state index contributed by atoms with van der Waals surface area (Å²) in [7, 11) is 0. The van der Waals surface area contributed by atoms with Gasteiger partial charge in [0.1, 0.15) is 17.2 Å². The molecule has 138 valence electrons. The predicted octanol–water partition coefficient (Wildman–Crippen LogP) is 4.01. The first-order valence-electron chi connectivity index (χ1n) is 8.69. The smallest absolute Gasteiger partial charge is 0.252 e. The number of carbonyl (C=O) groups excluding carboxylic acids is 1. The maximum Gasteiger partial charge on any atom is 0.252 e. The van der Waals surface area contributed by atoms with Crippen LogP contribution in [0.25, 0.3) is 16.9 Å². The predicted molar refractivity (Wildman–Crippen MR) is 108 cm³/mol. The summed E-state index contributed by atoms with van der Waals surface area (Å²) in [5.74, 6) is 0.899. The number of anilines is 1. The van der Waals surface area contributed by atoms with Crippen LogP contribution in [0.5, 0.6) is 11.5 Å². The lowest BCUT2D eigenvalue weighted by Gasteiger charge is -2.06. The Morgan fingerprint density at radius 2 is 1.50 bits per heavy atom. The van der Waals surface area contributed by atoms with Gasteiger partial charge in [-0.2, -0.15) is 5.10 Å². The van der Waals surface area contributed by atoms with Crippen molar-refractivity contribution in [1.29, 1.82) is 0 Å². The molecule has 6 heteroatoms. The number of para-hydroxylation sites is 1. The van der Waals surface area contributed by atoms with Gasteiger partial charge in [0.2, 0.25) is 0 Å². The van der Waals surface area contributed by atoms with Crippen molar-refractivity contribution in [3.05, 3.63) is 90.6 Å². The van der Waals surface area contributed by atoms with Gasteiger partial charge in [-0.3, -0.25) is 4.79 Å². The number of nitrogens with zero attached hydrogens (tertiary/aromatic N) is 2. The molecule has 6 nitrogen and oxygen atoms in total. The van der Waals surface area contributed by atoms with Crippen molar-refractivity contribution in [1.82, 2.24) is 9.78 Å². The van der Waals surface area contributed by atoms with Crippen LogP contribution >= 0.6 is 0 Å². The Kier molecular flexibility index (Phi) is 4.51. The Labute approximate surface area is 162 Å². The topological polar surface area (TPSA) is 96.2 Å². The molecule has 1 aromatic heterocycles. The standard InChI is InChI=1S/C22H18N4O2/c23-16-8-10-17(11-9-16)26-14-20(22(24)27)21(25-26)15-6-12-19(13-7-15)28-18-4-2-1-3-5-18/h1-14H,23H2,(H2,24,27). The van der Waals surface area contributed by atoms with E-state index < -0.39 is 5.91 Å². The highest BCUT2D eigenvalue weighted by molar-refractivity contribution is 5.98. The highest BCUT2D eigenvalue weighted by Crippen LogP contribution is 2.27. The van der Waals surface area contributed by atoms with Crippen molar-refractivity contribution in [3.63, 3.8) is 0 Å². The molecule has 4 N–H and O–H groups in total. The first kappa shape index (κ1) is 17.4.